The zero-order valence-corrected chi connectivity index (χ0v) is 9.52. The van der Waals surface area contributed by atoms with E-state index in [0.717, 1.165) is 25.0 Å². The molecule has 1 heterocycles. The molecule has 16 heavy (non-hydrogen) atoms. The Morgan fingerprint density at radius 3 is 2.56 bits per heavy atom. The van der Waals surface area contributed by atoms with E-state index < -0.39 is 5.60 Å². The molecule has 1 aliphatic rings. The van der Waals surface area contributed by atoms with Crippen LogP contribution in [0.2, 0.25) is 0 Å². The number of benzene rings is 1. The third-order valence-electron chi connectivity index (χ3n) is 3.41. The minimum absolute atomic E-state index is 0.130. The first kappa shape index (κ1) is 11.4. The molecule has 88 valence electrons. The van der Waals surface area contributed by atoms with Gasteiger partial charge in [0.05, 0.1) is 12.2 Å². The summed E-state index contributed by atoms with van der Waals surface area (Å²) in [4.78, 5) is 0. The molecule has 0 aromatic heterocycles. The Morgan fingerprint density at radius 2 is 2.00 bits per heavy atom. The van der Waals surface area contributed by atoms with Crippen LogP contribution >= 0.6 is 0 Å². The lowest BCUT2D eigenvalue weighted by atomic mass is 9.80. The van der Waals surface area contributed by atoms with Crippen molar-refractivity contribution in [1.29, 1.82) is 0 Å². The number of phenols is 1. The quantitative estimate of drug-likeness (QED) is 0.805. The number of ether oxygens (including phenoxy) is 1. The normalized spacial score (nSPS) is 25.0. The standard InChI is InChI=1S/C13H18O3/c1-13(15,11-3-2-8-16-9-11)10-4-6-12(14)7-5-10/h4-7,11,14-15H,2-3,8-9H2,1H3. The fourth-order valence-electron chi connectivity index (χ4n) is 2.22. The Kier molecular flexibility index (Phi) is 3.17. The van der Waals surface area contributed by atoms with Crippen LogP contribution in [0.1, 0.15) is 25.3 Å². The molecule has 0 amide bonds. The fraction of sp³-hybridized carbons (Fsp3) is 0.538. The molecule has 2 N–H and O–H groups in total. The summed E-state index contributed by atoms with van der Waals surface area (Å²) in [6.07, 6.45) is 1.98. The smallest absolute Gasteiger partial charge is 0.115 e. The third kappa shape index (κ3) is 2.20. The molecular formula is C13H18O3. The van der Waals surface area contributed by atoms with E-state index >= 15 is 0 Å². The zero-order valence-electron chi connectivity index (χ0n) is 9.52. The van der Waals surface area contributed by atoms with Crippen molar-refractivity contribution >= 4 is 0 Å². The van der Waals surface area contributed by atoms with Crippen LogP contribution < -0.4 is 0 Å². The van der Waals surface area contributed by atoms with E-state index in [9.17, 15) is 10.2 Å². The van der Waals surface area contributed by atoms with Gasteiger partial charge in [0.25, 0.3) is 0 Å². The average molecular weight is 222 g/mol. The van der Waals surface area contributed by atoms with Crippen molar-refractivity contribution in [2.45, 2.75) is 25.4 Å². The van der Waals surface area contributed by atoms with Crippen molar-refractivity contribution in [3.63, 3.8) is 0 Å². The largest absolute Gasteiger partial charge is 0.508 e. The summed E-state index contributed by atoms with van der Waals surface area (Å²) >= 11 is 0. The van der Waals surface area contributed by atoms with Crippen molar-refractivity contribution in [2.75, 3.05) is 13.2 Å². The second-order valence-electron chi connectivity index (χ2n) is 4.61. The highest BCUT2D eigenvalue weighted by Crippen LogP contribution is 2.34. The second-order valence-corrected chi connectivity index (χ2v) is 4.61. The summed E-state index contributed by atoms with van der Waals surface area (Å²) in [6, 6.07) is 6.74. The van der Waals surface area contributed by atoms with E-state index in [1.807, 2.05) is 6.92 Å². The van der Waals surface area contributed by atoms with Gasteiger partial charge in [-0.3, -0.25) is 0 Å². The van der Waals surface area contributed by atoms with E-state index in [-0.39, 0.29) is 11.7 Å². The van der Waals surface area contributed by atoms with E-state index in [2.05, 4.69) is 0 Å². The molecule has 0 saturated carbocycles. The van der Waals surface area contributed by atoms with Crippen LogP contribution in [-0.2, 0) is 10.3 Å². The average Bonchev–Trinajstić information content (AvgIpc) is 2.31. The fourth-order valence-corrected chi connectivity index (χ4v) is 2.22. The topological polar surface area (TPSA) is 49.7 Å². The van der Waals surface area contributed by atoms with E-state index in [1.54, 1.807) is 24.3 Å². The van der Waals surface area contributed by atoms with Gasteiger partial charge in [0.2, 0.25) is 0 Å². The Balaban J connectivity index is 2.19. The van der Waals surface area contributed by atoms with Crippen LogP contribution in [-0.4, -0.2) is 23.4 Å². The summed E-state index contributed by atoms with van der Waals surface area (Å²) in [6.45, 7) is 3.22. The van der Waals surface area contributed by atoms with Gasteiger partial charge in [-0.1, -0.05) is 12.1 Å². The maximum atomic E-state index is 10.5. The second kappa shape index (κ2) is 4.44. The predicted molar refractivity (Wildman–Crippen MR) is 61.2 cm³/mol. The highest BCUT2D eigenvalue weighted by atomic mass is 16.5. The lowest BCUT2D eigenvalue weighted by molar-refractivity contribution is -0.0723. The molecule has 2 unspecified atom stereocenters. The van der Waals surface area contributed by atoms with Crippen LogP contribution in [0, 0.1) is 5.92 Å². The van der Waals surface area contributed by atoms with Crippen LogP contribution in [0.25, 0.3) is 0 Å². The van der Waals surface area contributed by atoms with Gasteiger partial charge < -0.3 is 14.9 Å². The first-order chi connectivity index (χ1) is 7.60. The molecule has 1 aliphatic heterocycles. The lowest BCUT2D eigenvalue weighted by Gasteiger charge is -2.35. The first-order valence-electron chi connectivity index (χ1n) is 5.70. The van der Waals surface area contributed by atoms with Gasteiger partial charge in [-0.15, -0.1) is 0 Å². The van der Waals surface area contributed by atoms with E-state index in [0.29, 0.717) is 6.61 Å². The monoisotopic (exact) mass is 222 g/mol. The molecule has 1 aromatic rings. The summed E-state index contributed by atoms with van der Waals surface area (Å²) < 4.78 is 5.40. The van der Waals surface area contributed by atoms with Gasteiger partial charge in [0, 0.05) is 12.5 Å². The molecule has 0 radical (unpaired) electrons. The maximum absolute atomic E-state index is 10.5. The van der Waals surface area contributed by atoms with E-state index in [4.69, 9.17) is 4.74 Å². The molecule has 0 bridgehead atoms. The Bertz CT molecular complexity index is 337. The van der Waals surface area contributed by atoms with Crippen molar-refractivity contribution < 1.29 is 14.9 Å². The zero-order chi connectivity index (χ0) is 11.6. The molecule has 0 spiro atoms. The van der Waals surface area contributed by atoms with Crippen molar-refractivity contribution in [1.82, 2.24) is 0 Å². The molecule has 1 aromatic carbocycles. The summed E-state index contributed by atoms with van der Waals surface area (Å²) in [5, 5.41) is 19.8. The predicted octanol–water partition coefficient (Wildman–Crippen LogP) is 2.03. The summed E-state index contributed by atoms with van der Waals surface area (Å²) in [5.74, 6) is 0.352. The van der Waals surface area contributed by atoms with Crippen molar-refractivity contribution in [2.24, 2.45) is 5.92 Å². The lowest BCUT2D eigenvalue weighted by Crippen LogP contribution is -2.37. The highest BCUT2D eigenvalue weighted by molar-refractivity contribution is 5.30. The van der Waals surface area contributed by atoms with Crippen LogP contribution in [0.5, 0.6) is 5.75 Å². The van der Waals surface area contributed by atoms with Crippen LogP contribution in [0.3, 0.4) is 0 Å². The highest BCUT2D eigenvalue weighted by Gasteiger charge is 2.34. The van der Waals surface area contributed by atoms with Gasteiger partial charge in [-0.25, -0.2) is 0 Å². The molecular weight excluding hydrogens is 204 g/mol. The van der Waals surface area contributed by atoms with Crippen molar-refractivity contribution in [3.8, 4) is 5.75 Å². The molecule has 2 rings (SSSR count). The molecule has 1 fully saturated rings. The first-order valence-corrected chi connectivity index (χ1v) is 5.70. The SMILES string of the molecule is CC(O)(c1ccc(O)cc1)C1CCCOC1. The Hall–Kier alpha value is -1.06. The van der Waals surface area contributed by atoms with Crippen LogP contribution in [0.15, 0.2) is 24.3 Å². The molecule has 0 aliphatic carbocycles. The number of hydrogen-bond donors (Lipinski definition) is 2. The van der Waals surface area contributed by atoms with Gasteiger partial charge in [-0.2, -0.15) is 0 Å². The van der Waals surface area contributed by atoms with Gasteiger partial charge in [0.1, 0.15) is 5.75 Å². The molecule has 1 saturated heterocycles. The number of rotatable bonds is 2. The van der Waals surface area contributed by atoms with Gasteiger partial charge in [-0.05, 0) is 37.5 Å². The minimum Gasteiger partial charge on any atom is -0.508 e. The molecule has 2 atom stereocenters. The number of aromatic hydroxyl groups is 1. The van der Waals surface area contributed by atoms with Crippen molar-refractivity contribution in [3.05, 3.63) is 29.8 Å². The maximum Gasteiger partial charge on any atom is 0.115 e. The van der Waals surface area contributed by atoms with Gasteiger partial charge in [0.15, 0.2) is 0 Å². The van der Waals surface area contributed by atoms with Crippen LogP contribution in [0.4, 0.5) is 0 Å². The number of aliphatic hydroxyl groups is 1. The molecule has 3 heteroatoms. The molecule has 3 nitrogen and oxygen atoms in total. The third-order valence-corrected chi connectivity index (χ3v) is 3.41. The summed E-state index contributed by atoms with van der Waals surface area (Å²) in [5.41, 5.74) is -0.0468. The summed E-state index contributed by atoms with van der Waals surface area (Å²) in [7, 11) is 0. The minimum atomic E-state index is -0.881. The Labute approximate surface area is 95.7 Å². The number of hydrogen-bond acceptors (Lipinski definition) is 3. The van der Waals surface area contributed by atoms with Gasteiger partial charge >= 0.3 is 0 Å². The number of phenolic OH excluding ortho intramolecular Hbond substituents is 1. The van der Waals surface area contributed by atoms with E-state index in [1.165, 1.54) is 0 Å². The Morgan fingerprint density at radius 1 is 1.31 bits per heavy atom.